The molecule has 2 heterocycles. The number of nitrogens with zero attached hydrogens (tertiary/aromatic N) is 3. The highest BCUT2D eigenvalue weighted by Gasteiger charge is 2.09. The van der Waals surface area contributed by atoms with Crippen LogP contribution in [-0.4, -0.2) is 39.3 Å². The Kier molecular flexibility index (Phi) is 4.84. The van der Waals surface area contributed by atoms with Gasteiger partial charge in [-0.3, -0.25) is 4.98 Å². The lowest BCUT2D eigenvalue weighted by molar-refractivity contribution is 0.281. The van der Waals surface area contributed by atoms with E-state index < -0.39 is 0 Å². The van der Waals surface area contributed by atoms with Gasteiger partial charge in [0.15, 0.2) is 0 Å². The Balaban J connectivity index is 2.35. The van der Waals surface area contributed by atoms with E-state index in [-0.39, 0.29) is 12.6 Å². The maximum Gasteiger partial charge on any atom is 0.225 e. The summed E-state index contributed by atoms with van der Waals surface area (Å²) >= 11 is 0. The first-order chi connectivity index (χ1) is 9.72. The average Bonchev–Trinajstić information content (AvgIpc) is 2.48. The molecule has 0 aliphatic heterocycles. The molecule has 0 bridgehead atoms. The van der Waals surface area contributed by atoms with Crippen LogP contribution in [0, 0.1) is 0 Å². The Morgan fingerprint density at radius 1 is 1.25 bits per heavy atom. The van der Waals surface area contributed by atoms with E-state index >= 15 is 0 Å². The highest BCUT2D eigenvalue weighted by atomic mass is 16.3. The Morgan fingerprint density at radius 2 is 2.10 bits per heavy atom. The standard InChI is InChI=1S/C14H19N5O/c1-3-15-13-8-12(11-6-4-5-7-16-11)18-14(19-13)17-10(2)9-20/h4-8,10,20H,3,9H2,1-2H3,(H2,15,17,18,19)/t10-/m1/s1. The van der Waals surface area contributed by atoms with Crippen molar-refractivity contribution in [3.8, 4) is 11.4 Å². The summed E-state index contributed by atoms with van der Waals surface area (Å²) in [6, 6.07) is 7.44. The van der Waals surface area contributed by atoms with Crippen molar-refractivity contribution in [3.63, 3.8) is 0 Å². The van der Waals surface area contributed by atoms with Gasteiger partial charge in [-0.15, -0.1) is 0 Å². The summed E-state index contributed by atoms with van der Waals surface area (Å²) in [6.45, 7) is 4.66. The number of hydrogen-bond donors (Lipinski definition) is 3. The molecule has 3 N–H and O–H groups in total. The summed E-state index contributed by atoms with van der Waals surface area (Å²) in [6.07, 6.45) is 1.73. The molecule has 0 aromatic carbocycles. The van der Waals surface area contributed by atoms with Gasteiger partial charge < -0.3 is 15.7 Å². The Labute approximate surface area is 118 Å². The molecule has 1 atom stereocenters. The monoisotopic (exact) mass is 273 g/mol. The van der Waals surface area contributed by atoms with Gasteiger partial charge in [-0.1, -0.05) is 6.07 Å². The van der Waals surface area contributed by atoms with Crippen LogP contribution in [0.3, 0.4) is 0 Å². The number of nitrogens with one attached hydrogen (secondary N) is 2. The summed E-state index contributed by atoms with van der Waals surface area (Å²) in [4.78, 5) is 13.1. The van der Waals surface area contributed by atoms with Crippen LogP contribution in [0.2, 0.25) is 0 Å². The minimum atomic E-state index is -0.108. The van der Waals surface area contributed by atoms with Gasteiger partial charge in [-0.2, -0.15) is 4.98 Å². The summed E-state index contributed by atoms with van der Waals surface area (Å²) < 4.78 is 0. The molecule has 106 valence electrons. The first kappa shape index (κ1) is 14.2. The maximum absolute atomic E-state index is 9.11. The molecule has 2 aromatic rings. The number of aliphatic hydroxyl groups is 1. The molecule has 0 spiro atoms. The van der Waals surface area contributed by atoms with Crippen LogP contribution in [0.25, 0.3) is 11.4 Å². The predicted octanol–water partition coefficient (Wildman–Crippen LogP) is 1.76. The van der Waals surface area contributed by atoms with Crippen molar-refractivity contribution in [2.24, 2.45) is 0 Å². The molecule has 0 aliphatic rings. The SMILES string of the molecule is CCNc1cc(-c2ccccn2)nc(N[C@H](C)CO)n1. The fourth-order valence-corrected chi connectivity index (χ4v) is 1.69. The summed E-state index contributed by atoms with van der Waals surface area (Å²) in [5, 5.41) is 15.3. The normalized spacial score (nSPS) is 11.9. The number of hydrogen-bond acceptors (Lipinski definition) is 6. The van der Waals surface area contributed by atoms with Crippen LogP contribution in [-0.2, 0) is 0 Å². The minimum Gasteiger partial charge on any atom is -0.394 e. The lowest BCUT2D eigenvalue weighted by Gasteiger charge is -2.13. The van der Waals surface area contributed by atoms with Gasteiger partial charge >= 0.3 is 0 Å². The van der Waals surface area contributed by atoms with E-state index in [4.69, 9.17) is 5.11 Å². The lowest BCUT2D eigenvalue weighted by Crippen LogP contribution is -2.21. The van der Waals surface area contributed by atoms with Gasteiger partial charge in [0, 0.05) is 24.8 Å². The predicted molar refractivity (Wildman–Crippen MR) is 79.6 cm³/mol. The largest absolute Gasteiger partial charge is 0.394 e. The van der Waals surface area contributed by atoms with Gasteiger partial charge in [0.2, 0.25) is 5.95 Å². The zero-order chi connectivity index (χ0) is 14.4. The van der Waals surface area contributed by atoms with Crippen molar-refractivity contribution in [2.45, 2.75) is 19.9 Å². The first-order valence-electron chi connectivity index (χ1n) is 6.64. The third-order valence-corrected chi connectivity index (χ3v) is 2.66. The third-order valence-electron chi connectivity index (χ3n) is 2.66. The molecule has 0 fully saturated rings. The summed E-state index contributed by atoms with van der Waals surface area (Å²) in [5.41, 5.74) is 1.53. The zero-order valence-corrected chi connectivity index (χ0v) is 11.7. The van der Waals surface area contributed by atoms with Gasteiger partial charge in [0.05, 0.1) is 18.0 Å². The molecule has 0 aliphatic carbocycles. The van der Waals surface area contributed by atoms with Crippen LogP contribution >= 0.6 is 0 Å². The molecule has 2 aromatic heterocycles. The molecule has 20 heavy (non-hydrogen) atoms. The number of aliphatic hydroxyl groups excluding tert-OH is 1. The highest BCUT2D eigenvalue weighted by Crippen LogP contribution is 2.19. The van der Waals surface area contributed by atoms with Gasteiger partial charge in [0.25, 0.3) is 0 Å². The second-order valence-electron chi connectivity index (χ2n) is 4.44. The molecular formula is C14H19N5O. The smallest absolute Gasteiger partial charge is 0.225 e. The Bertz CT molecular complexity index is 547. The van der Waals surface area contributed by atoms with Crippen molar-refractivity contribution < 1.29 is 5.11 Å². The quantitative estimate of drug-likeness (QED) is 0.744. The van der Waals surface area contributed by atoms with Crippen LogP contribution < -0.4 is 10.6 Å². The van der Waals surface area contributed by atoms with Gasteiger partial charge in [-0.05, 0) is 26.0 Å². The van der Waals surface area contributed by atoms with Gasteiger partial charge in [-0.25, -0.2) is 4.98 Å². The zero-order valence-electron chi connectivity index (χ0n) is 11.7. The summed E-state index contributed by atoms with van der Waals surface area (Å²) in [5.74, 6) is 1.21. The van der Waals surface area contributed by atoms with E-state index in [9.17, 15) is 0 Å². The second kappa shape index (κ2) is 6.81. The molecule has 0 amide bonds. The molecule has 2 rings (SSSR count). The minimum absolute atomic E-state index is 0.0215. The third kappa shape index (κ3) is 3.64. The van der Waals surface area contributed by atoms with Crippen molar-refractivity contribution in [1.82, 2.24) is 15.0 Å². The molecular weight excluding hydrogens is 254 g/mol. The van der Waals surface area contributed by atoms with E-state index in [1.54, 1.807) is 6.20 Å². The molecule has 0 saturated carbocycles. The van der Waals surface area contributed by atoms with Crippen LogP contribution in [0.15, 0.2) is 30.5 Å². The lowest BCUT2D eigenvalue weighted by atomic mass is 10.2. The van der Waals surface area contributed by atoms with Gasteiger partial charge in [0.1, 0.15) is 5.82 Å². The van der Waals surface area contributed by atoms with E-state index in [1.807, 2.05) is 38.1 Å². The topological polar surface area (TPSA) is 83.0 Å². The fourth-order valence-electron chi connectivity index (χ4n) is 1.69. The van der Waals surface area contributed by atoms with E-state index in [0.717, 1.165) is 23.8 Å². The maximum atomic E-state index is 9.11. The molecule has 6 heteroatoms. The van der Waals surface area contributed by atoms with E-state index in [2.05, 4.69) is 25.6 Å². The van der Waals surface area contributed by atoms with Crippen molar-refractivity contribution in [1.29, 1.82) is 0 Å². The van der Waals surface area contributed by atoms with Crippen LogP contribution in [0.4, 0.5) is 11.8 Å². The van der Waals surface area contributed by atoms with Crippen molar-refractivity contribution in [2.75, 3.05) is 23.8 Å². The number of pyridine rings is 1. The van der Waals surface area contributed by atoms with Crippen molar-refractivity contribution >= 4 is 11.8 Å². The van der Waals surface area contributed by atoms with Crippen LogP contribution in [0.5, 0.6) is 0 Å². The molecule has 6 nitrogen and oxygen atoms in total. The number of anilines is 2. The number of rotatable bonds is 6. The van der Waals surface area contributed by atoms with Crippen molar-refractivity contribution in [3.05, 3.63) is 30.5 Å². The Hall–Kier alpha value is -2.21. The second-order valence-corrected chi connectivity index (χ2v) is 4.44. The highest BCUT2D eigenvalue weighted by molar-refractivity contribution is 5.60. The number of aromatic nitrogens is 3. The fraction of sp³-hybridized carbons (Fsp3) is 0.357. The Morgan fingerprint density at radius 3 is 2.75 bits per heavy atom. The molecule has 0 radical (unpaired) electrons. The molecule has 0 saturated heterocycles. The average molecular weight is 273 g/mol. The van der Waals surface area contributed by atoms with Crippen LogP contribution in [0.1, 0.15) is 13.8 Å². The first-order valence-corrected chi connectivity index (χ1v) is 6.64. The molecule has 0 unspecified atom stereocenters. The summed E-state index contributed by atoms with van der Waals surface area (Å²) in [7, 11) is 0. The van der Waals surface area contributed by atoms with E-state index in [1.165, 1.54) is 0 Å². The van der Waals surface area contributed by atoms with E-state index in [0.29, 0.717) is 5.95 Å².